The number of methoxy groups -OCH3 is 2. The predicted octanol–water partition coefficient (Wildman–Crippen LogP) is 2.40. The lowest BCUT2D eigenvalue weighted by atomic mass is 10.1. The van der Waals surface area contributed by atoms with Crippen LogP contribution in [-0.4, -0.2) is 26.2 Å². The van der Waals surface area contributed by atoms with Crippen LogP contribution in [0.5, 0.6) is 0 Å². The summed E-state index contributed by atoms with van der Waals surface area (Å²) in [5.74, 6) is -0.628. The van der Waals surface area contributed by atoms with Crippen molar-refractivity contribution in [2.75, 3.05) is 14.2 Å². The Morgan fingerprint density at radius 2 is 1.24 bits per heavy atom. The van der Waals surface area contributed by atoms with Crippen LogP contribution in [0.15, 0.2) is 24.3 Å². The van der Waals surface area contributed by atoms with Gasteiger partial charge < -0.3 is 9.47 Å². The molecule has 96 valence electrons. The van der Waals surface area contributed by atoms with Gasteiger partial charge in [0.1, 0.15) is 0 Å². The Morgan fingerprint density at radius 1 is 0.824 bits per heavy atom. The zero-order valence-electron chi connectivity index (χ0n) is 10.5. The number of hydrogen-bond acceptors (Lipinski definition) is 4. The molecule has 4 nitrogen and oxygen atoms in total. The summed E-state index contributed by atoms with van der Waals surface area (Å²) in [7, 11) is 2.72. The van der Waals surface area contributed by atoms with E-state index < -0.39 is 0 Å². The standard InChI is InChI=1S/C13H20O4/c1-16-12(14)10-8-6-4-3-5-7-9-11-13(15)17-2/h8-11H,3-7H2,1-2H3/b10-8+,11-9+. The van der Waals surface area contributed by atoms with E-state index in [2.05, 4.69) is 9.47 Å². The van der Waals surface area contributed by atoms with Crippen molar-refractivity contribution in [3.05, 3.63) is 24.3 Å². The average molecular weight is 240 g/mol. The summed E-state index contributed by atoms with van der Waals surface area (Å²) >= 11 is 0. The van der Waals surface area contributed by atoms with Gasteiger partial charge in [0, 0.05) is 12.2 Å². The lowest BCUT2D eigenvalue weighted by Gasteiger charge is -1.95. The molecule has 0 heterocycles. The molecule has 0 bridgehead atoms. The average Bonchev–Trinajstić information content (AvgIpc) is 2.35. The fourth-order valence-electron chi connectivity index (χ4n) is 1.20. The fourth-order valence-corrected chi connectivity index (χ4v) is 1.20. The van der Waals surface area contributed by atoms with Gasteiger partial charge in [-0.25, -0.2) is 9.59 Å². The van der Waals surface area contributed by atoms with Gasteiger partial charge in [-0.1, -0.05) is 18.6 Å². The van der Waals surface area contributed by atoms with Crippen LogP contribution >= 0.6 is 0 Å². The Kier molecular flexibility index (Phi) is 9.91. The second-order valence-electron chi connectivity index (χ2n) is 3.49. The summed E-state index contributed by atoms with van der Waals surface area (Å²) in [6.45, 7) is 0. The largest absolute Gasteiger partial charge is 0.466 e. The van der Waals surface area contributed by atoms with Crippen molar-refractivity contribution in [3.8, 4) is 0 Å². The van der Waals surface area contributed by atoms with Crippen molar-refractivity contribution in [3.63, 3.8) is 0 Å². The highest BCUT2D eigenvalue weighted by Gasteiger charge is 1.91. The second-order valence-corrected chi connectivity index (χ2v) is 3.49. The number of allylic oxidation sites excluding steroid dienone is 2. The first-order chi connectivity index (χ1) is 8.20. The summed E-state index contributed by atoms with van der Waals surface area (Å²) in [4.78, 5) is 21.4. The van der Waals surface area contributed by atoms with Crippen molar-refractivity contribution in [1.82, 2.24) is 0 Å². The van der Waals surface area contributed by atoms with Gasteiger partial charge in [0.15, 0.2) is 0 Å². The molecule has 0 aromatic heterocycles. The molecule has 17 heavy (non-hydrogen) atoms. The van der Waals surface area contributed by atoms with E-state index in [0.717, 1.165) is 32.1 Å². The monoisotopic (exact) mass is 240 g/mol. The van der Waals surface area contributed by atoms with E-state index >= 15 is 0 Å². The van der Waals surface area contributed by atoms with Gasteiger partial charge in [0.25, 0.3) is 0 Å². The summed E-state index contributed by atoms with van der Waals surface area (Å²) < 4.78 is 8.93. The molecule has 0 aromatic carbocycles. The summed E-state index contributed by atoms with van der Waals surface area (Å²) in [6, 6.07) is 0. The third-order valence-electron chi connectivity index (χ3n) is 2.15. The molecule has 0 fully saturated rings. The lowest BCUT2D eigenvalue weighted by molar-refractivity contribution is -0.135. The van der Waals surface area contributed by atoms with Crippen LogP contribution in [0.1, 0.15) is 32.1 Å². The first-order valence-electron chi connectivity index (χ1n) is 5.69. The fraction of sp³-hybridized carbons (Fsp3) is 0.538. The molecule has 0 aliphatic carbocycles. The molecule has 0 rings (SSSR count). The van der Waals surface area contributed by atoms with E-state index in [-0.39, 0.29) is 11.9 Å². The first-order valence-corrected chi connectivity index (χ1v) is 5.69. The number of carbonyl (C=O) groups excluding carboxylic acids is 2. The molecular weight excluding hydrogens is 220 g/mol. The van der Waals surface area contributed by atoms with Crippen molar-refractivity contribution >= 4 is 11.9 Å². The Labute approximate surface area is 102 Å². The zero-order chi connectivity index (χ0) is 12.9. The number of carbonyl (C=O) groups is 2. The van der Waals surface area contributed by atoms with Gasteiger partial charge in [-0.3, -0.25) is 0 Å². The smallest absolute Gasteiger partial charge is 0.330 e. The molecule has 0 saturated heterocycles. The van der Waals surface area contributed by atoms with Crippen LogP contribution in [0.2, 0.25) is 0 Å². The molecule has 0 atom stereocenters. The van der Waals surface area contributed by atoms with Gasteiger partial charge in [0.05, 0.1) is 14.2 Å². The molecule has 0 spiro atoms. The lowest BCUT2D eigenvalue weighted by Crippen LogP contribution is -1.93. The topological polar surface area (TPSA) is 52.6 Å². The van der Waals surface area contributed by atoms with E-state index in [4.69, 9.17) is 0 Å². The number of rotatable bonds is 8. The van der Waals surface area contributed by atoms with Crippen LogP contribution in [0.25, 0.3) is 0 Å². The van der Waals surface area contributed by atoms with Crippen LogP contribution in [0, 0.1) is 0 Å². The van der Waals surface area contributed by atoms with E-state index in [1.807, 2.05) is 12.2 Å². The maximum atomic E-state index is 10.7. The molecule has 0 N–H and O–H groups in total. The Balaban J connectivity index is 3.35. The molecular formula is C13H20O4. The Morgan fingerprint density at radius 3 is 1.59 bits per heavy atom. The number of hydrogen-bond donors (Lipinski definition) is 0. The predicted molar refractivity (Wildman–Crippen MR) is 65.4 cm³/mol. The van der Waals surface area contributed by atoms with E-state index in [9.17, 15) is 9.59 Å². The molecule has 0 aromatic rings. The van der Waals surface area contributed by atoms with Gasteiger partial charge >= 0.3 is 11.9 Å². The number of unbranched alkanes of at least 4 members (excludes halogenated alkanes) is 4. The summed E-state index contributed by atoms with van der Waals surface area (Å²) in [5.41, 5.74) is 0. The minimum atomic E-state index is -0.314. The molecule has 0 saturated carbocycles. The quantitative estimate of drug-likeness (QED) is 0.371. The third kappa shape index (κ3) is 10.7. The SMILES string of the molecule is COC(=O)/C=C/CCCCC/C=C/C(=O)OC. The number of esters is 2. The highest BCUT2D eigenvalue weighted by molar-refractivity contribution is 5.81. The Bertz CT molecular complexity index is 251. The van der Waals surface area contributed by atoms with Crippen molar-refractivity contribution in [1.29, 1.82) is 0 Å². The molecule has 0 radical (unpaired) electrons. The minimum absolute atomic E-state index is 0.314. The maximum Gasteiger partial charge on any atom is 0.330 e. The van der Waals surface area contributed by atoms with Crippen LogP contribution < -0.4 is 0 Å². The van der Waals surface area contributed by atoms with E-state index in [1.165, 1.54) is 26.4 Å². The minimum Gasteiger partial charge on any atom is -0.466 e. The molecule has 0 aliphatic rings. The Hall–Kier alpha value is -1.58. The molecule has 0 unspecified atom stereocenters. The van der Waals surface area contributed by atoms with Crippen LogP contribution in [0.3, 0.4) is 0 Å². The summed E-state index contributed by atoms with van der Waals surface area (Å²) in [5, 5.41) is 0. The van der Waals surface area contributed by atoms with Gasteiger partial charge in [-0.15, -0.1) is 0 Å². The number of ether oxygens (including phenoxy) is 2. The van der Waals surface area contributed by atoms with E-state index in [1.54, 1.807) is 0 Å². The normalized spacial score (nSPS) is 10.9. The van der Waals surface area contributed by atoms with E-state index in [0.29, 0.717) is 0 Å². The van der Waals surface area contributed by atoms with Crippen LogP contribution in [-0.2, 0) is 19.1 Å². The molecule has 0 aliphatic heterocycles. The highest BCUT2D eigenvalue weighted by Crippen LogP contribution is 2.04. The molecule has 4 heteroatoms. The van der Waals surface area contributed by atoms with Gasteiger partial charge in [0.2, 0.25) is 0 Å². The second kappa shape index (κ2) is 10.9. The van der Waals surface area contributed by atoms with Crippen LogP contribution in [0.4, 0.5) is 0 Å². The third-order valence-corrected chi connectivity index (χ3v) is 2.15. The van der Waals surface area contributed by atoms with Crippen molar-refractivity contribution < 1.29 is 19.1 Å². The first kappa shape index (κ1) is 15.4. The zero-order valence-corrected chi connectivity index (χ0v) is 10.5. The maximum absolute atomic E-state index is 10.7. The van der Waals surface area contributed by atoms with Crippen molar-refractivity contribution in [2.45, 2.75) is 32.1 Å². The van der Waals surface area contributed by atoms with Gasteiger partial charge in [-0.2, -0.15) is 0 Å². The summed E-state index contributed by atoms with van der Waals surface area (Å²) in [6.07, 6.45) is 11.4. The van der Waals surface area contributed by atoms with Gasteiger partial charge in [-0.05, 0) is 25.7 Å². The molecule has 0 amide bonds. The van der Waals surface area contributed by atoms with Crippen molar-refractivity contribution in [2.24, 2.45) is 0 Å². The highest BCUT2D eigenvalue weighted by atomic mass is 16.5.